The number of benzene rings is 2. The second kappa shape index (κ2) is 9.53. The van der Waals surface area contributed by atoms with Gasteiger partial charge in [0, 0.05) is 11.7 Å². The van der Waals surface area contributed by atoms with Gasteiger partial charge in [-0.3, -0.25) is 4.79 Å². The first-order valence-corrected chi connectivity index (χ1v) is 10.5. The fourth-order valence-corrected chi connectivity index (χ4v) is 3.63. The van der Waals surface area contributed by atoms with E-state index in [4.69, 9.17) is 4.74 Å². The molecule has 0 aliphatic heterocycles. The van der Waals surface area contributed by atoms with Crippen LogP contribution in [0.25, 0.3) is 0 Å². The Morgan fingerprint density at radius 3 is 2.22 bits per heavy atom. The molecule has 0 saturated heterocycles. The Morgan fingerprint density at radius 1 is 1.04 bits per heavy atom. The van der Waals surface area contributed by atoms with E-state index in [1.807, 2.05) is 38.1 Å². The number of hydrogen-bond donors (Lipinski definition) is 2. The summed E-state index contributed by atoms with van der Waals surface area (Å²) < 4.78 is 32.4. The molecule has 2 rings (SSSR count). The molecule has 0 bridgehead atoms. The molecule has 6 nitrogen and oxygen atoms in total. The summed E-state index contributed by atoms with van der Waals surface area (Å²) in [6, 6.07) is 13.5. The average molecular weight is 391 g/mol. The molecule has 0 aliphatic rings. The van der Waals surface area contributed by atoms with Crippen molar-refractivity contribution in [3.8, 4) is 5.75 Å². The van der Waals surface area contributed by atoms with E-state index in [0.29, 0.717) is 17.9 Å². The largest absolute Gasteiger partial charge is 0.484 e. The monoisotopic (exact) mass is 390 g/mol. The van der Waals surface area contributed by atoms with E-state index in [0.717, 1.165) is 6.42 Å². The molecule has 0 spiro atoms. The van der Waals surface area contributed by atoms with Gasteiger partial charge in [-0.1, -0.05) is 26.0 Å². The minimum atomic E-state index is -3.55. The molecule has 1 amide bonds. The van der Waals surface area contributed by atoms with Crippen LogP contribution in [-0.2, 0) is 21.2 Å². The molecular formula is C20H26N2O4S. The van der Waals surface area contributed by atoms with Gasteiger partial charge < -0.3 is 10.1 Å². The highest BCUT2D eigenvalue weighted by Gasteiger charge is 2.16. The Labute approximate surface area is 161 Å². The van der Waals surface area contributed by atoms with Crippen molar-refractivity contribution in [2.45, 2.75) is 44.6 Å². The highest BCUT2D eigenvalue weighted by Crippen LogP contribution is 2.17. The fourth-order valence-electron chi connectivity index (χ4n) is 2.30. The number of rotatable bonds is 9. The van der Waals surface area contributed by atoms with E-state index >= 15 is 0 Å². The summed E-state index contributed by atoms with van der Waals surface area (Å²) in [7, 11) is -3.55. The molecule has 7 heteroatoms. The average Bonchev–Trinajstić information content (AvgIpc) is 2.67. The molecule has 2 N–H and O–H groups in total. The van der Waals surface area contributed by atoms with Crippen LogP contribution in [0.15, 0.2) is 53.4 Å². The van der Waals surface area contributed by atoms with Gasteiger partial charge in [0.2, 0.25) is 10.0 Å². The predicted molar refractivity (Wildman–Crippen MR) is 106 cm³/mol. The second-order valence-electron chi connectivity index (χ2n) is 6.29. The first-order chi connectivity index (χ1) is 12.8. The molecule has 146 valence electrons. The van der Waals surface area contributed by atoms with Crippen molar-refractivity contribution in [2.75, 3.05) is 11.9 Å². The van der Waals surface area contributed by atoms with Gasteiger partial charge >= 0.3 is 0 Å². The predicted octanol–water partition coefficient (Wildman–Crippen LogP) is 3.34. The number of carbonyl (C=O) groups excluding carboxylic acids is 1. The molecule has 0 fully saturated rings. The Bertz CT molecular complexity index is 847. The standard InChI is InChI=1S/C20H26N2O4S/c1-4-15(3)22-27(24,25)19-12-10-18(11-13-19)26-14-20(23)21-17-8-6-16(5-2)7-9-17/h6-13,15,22H,4-5,14H2,1-3H3,(H,21,23)/t15-/m1/s1. The Kier molecular flexibility index (Phi) is 7.38. The van der Waals surface area contributed by atoms with Crippen LogP contribution in [0.3, 0.4) is 0 Å². The van der Waals surface area contributed by atoms with E-state index in [1.165, 1.54) is 29.8 Å². The number of carbonyl (C=O) groups is 1. The molecular weight excluding hydrogens is 364 g/mol. The Hall–Kier alpha value is -2.38. The smallest absolute Gasteiger partial charge is 0.262 e. The molecule has 0 aromatic heterocycles. The molecule has 2 aromatic rings. The molecule has 27 heavy (non-hydrogen) atoms. The van der Waals surface area contributed by atoms with Crippen molar-refractivity contribution in [1.82, 2.24) is 4.72 Å². The molecule has 0 aliphatic carbocycles. The third-order valence-electron chi connectivity index (χ3n) is 4.12. The fraction of sp³-hybridized carbons (Fsp3) is 0.350. The van der Waals surface area contributed by atoms with Gasteiger partial charge in [0.05, 0.1) is 4.90 Å². The SMILES string of the molecule is CCc1ccc(NC(=O)COc2ccc(S(=O)(=O)N[C@H](C)CC)cc2)cc1. The molecule has 2 aromatic carbocycles. The first-order valence-electron chi connectivity index (χ1n) is 8.98. The lowest BCUT2D eigenvalue weighted by Gasteiger charge is -2.12. The molecule has 0 radical (unpaired) electrons. The van der Waals surface area contributed by atoms with Crippen LogP contribution in [0, 0.1) is 0 Å². The number of aryl methyl sites for hydroxylation is 1. The van der Waals surface area contributed by atoms with E-state index in [1.54, 1.807) is 0 Å². The van der Waals surface area contributed by atoms with Gasteiger partial charge in [0.1, 0.15) is 5.75 Å². The number of sulfonamides is 1. The number of ether oxygens (including phenoxy) is 1. The third kappa shape index (κ3) is 6.37. The molecule has 0 heterocycles. The van der Waals surface area contributed by atoms with Crippen molar-refractivity contribution in [3.63, 3.8) is 0 Å². The summed E-state index contributed by atoms with van der Waals surface area (Å²) in [5, 5.41) is 2.76. The lowest BCUT2D eigenvalue weighted by atomic mass is 10.1. The lowest BCUT2D eigenvalue weighted by Crippen LogP contribution is -2.31. The van der Waals surface area contributed by atoms with Gasteiger partial charge in [0.15, 0.2) is 6.61 Å². The Morgan fingerprint density at radius 2 is 1.67 bits per heavy atom. The number of nitrogens with one attached hydrogen (secondary N) is 2. The van der Waals surface area contributed by atoms with E-state index in [2.05, 4.69) is 17.0 Å². The van der Waals surface area contributed by atoms with Crippen LogP contribution in [0.1, 0.15) is 32.8 Å². The Balaban J connectivity index is 1.89. The molecule has 0 unspecified atom stereocenters. The minimum Gasteiger partial charge on any atom is -0.484 e. The third-order valence-corrected chi connectivity index (χ3v) is 5.72. The highest BCUT2D eigenvalue weighted by atomic mass is 32.2. The zero-order valence-corrected chi connectivity index (χ0v) is 16.7. The first kappa shape index (κ1) is 20.9. The van der Waals surface area contributed by atoms with Crippen molar-refractivity contribution in [1.29, 1.82) is 0 Å². The summed E-state index contributed by atoms with van der Waals surface area (Å²) in [5.41, 5.74) is 1.90. The van der Waals surface area contributed by atoms with Gasteiger partial charge in [-0.05, 0) is 61.7 Å². The minimum absolute atomic E-state index is 0.138. The van der Waals surface area contributed by atoms with Crippen molar-refractivity contribution >= 4 is 21.6 Å². The van der Waals surface area contributed by atoms with Gasteiger partial charge in [-0.15, -0.1) is 0 Å². The zero-order chi connectivity index (χ0) is 19.9. The van der Waals surface area contributed by atoms with Gasteiger partial charge in [0.25, 0.3) is 5.91 Å². The second-order valence-corrected chi connectivity index (χ2v) is 8.00. The van der Waals surface area contributed by atoms with Gasteiger partial charge in [-0.2, -0.15) is 0 Å². The topological polar surface area (TPSA) is 84.5 Å². The highest BCUT2D eigenvalue weighted by molar-refractivity contribution is 7.89. The van der Waals surface area contributed by atoms with Crippen LogP contribution in [0.2, 0.25) is 0 Å². The van der Waals surface area contributed by atoms with Crippen molar-refractivity contribution in [3.05, 3.63) is 54.1 Å². The van der Waals surface area contributed by atoms with Crippen molar-refractivity contribution in [2.24, 2.45) is 0 Å². The van der Waals surface area contributed by atoms with Crippen LogP contribution in [-0.4, -0.2) is 27.0 Å². The van der Waals surface area contributed by atoms with Crippen molar-refractivity contribution < 1.29 is 17.9 Å². The maximum absolute atomic E-state index is 12.2. The molecule has 1 atom stereocenters. The van der Waals surface area contributed by atoms with E-state index < -0.39 is 10.0 Å². The van der Waals surface area contributed by atoms with Crippen LogP contribution >= 0.6 is 0 Å². The summed E-state index contributed by atoms with van der Waals surface area (Å²) >= 11 is 0. The summed E-state index contributed by atoms with van der Waals surface area (Å²) in [5.74, 6) is 0.142. The van der Waals surface area contributed by atoms with Crippen LogP contribution in [0.4, 0.5) is 5.69 Å². The maximum Gasteiger partial charge on any atom is 0.262 e. The maximum atomic E-state index is 12.2. The number of hydrogen-bond acceptors (Lipinski definition) is 4. The summed E-state index contributed by atoms with van der Waals surface area (Å²) in [6.07, 6.45) is 1.65. The van der Waals surface area contributed by atoms with E-state index in [-0.39, 0.29) is 23.5 Å². The number of anilines is 1. The zero-order valence-electron chi connectivity index (χ0n) is 15.9. The lowest BCUT2D eigenvalue weighted by molar-refractivity contribution is -0.118. The number of amides is 1. The summed E-state index contributed by atoms with van der Waals surface area (Å²) in [4.78, 5) is 12.1. The molecule has 0 saturated carbocycles. The normalized spacial score (nSPS) is 12.4. The summed E-state index contributed by atoms with van der Waals surface area (Å²) in [6.45, 7) is 5.63. The quantitative estimate of drug-likeness (QED) is 0.688. The van der Waals surface area contributed by atoms with Gasteiger partial charge in [-0.25, -0.2) is 13.1 Å². The van der Waals surface area contributed by atoms with Crippen LogP contribution in [0.5, 0.6) is 5.75 Å². The van der Waals surface area contributed by atoms with E-state index in [9.17, 15) is 13.2 Å². The van der Waals surface area contributed by atoms with Crippen LogP contribution < -0.4 is 14.8 Å².